The zero-order chi connectivity index (χ0) is 14.0. The van der Waals surface area contributed by atoms with Crippen LogP contribution < -0.4 is 10.2 Å². The van der Waals surface area contributed by atoms with E-state index in [2.05, 4.69) is 20.2 Å². The first-order valence-corrected chi connectivity index (χ1v) is 8.54. The highest BCUT2D eigenvalue weighted by Crippen LogP contribution is 2.30. The Hall–Kier alpha value is -1.22. The topological polar surface area (TPSA) is 75.2 Å². The average Bonchev–Trinajstić information content (AvgIpc) is 3.00. The van der Waals surface area contributed by atoms with Gasteiger partial charge >= 0.3 is 0 Å². The number of pyridine rings is 1. The molecule has 0 aliphatic carbocycles. The van der Waals surface area contributed by atoms with E-state index in [0.29, 0.717) is 0 Å². The van der Waals surface area contributed by atoms with Gasteiger partial charge in [0.1, 0.15) is 4.21 Å². The average molecular weight is 347 g/mol. The minimum absolute atomic E-state index is 0. The minimum Gasteiger partial charge on any atom is -0.346 e. The summed E-state index contributed by atoms with van der Waals surface area (Å²) < 4.78 is 25.1. The van der Waals surface area contributed by atoms with Crippen LogP contribution in [-0.4, -0.2) is 44.6 Å². The lowest BCUT2D eigenvalue weighted by atomic mass is 10.4. The van der Waals surface area contributed by atoms with Crippen molar-refractivity contribution in [3.05, 3.63) is 30.7 Å². The number of thiazole rings is 1. The van der Waals surface area contributed by atoms with E-state index in [1.165, 1.54) is 23.7 Å². The third kappa shape index (κ3) is 3.34. The largest absolute Gasteiger partial charge is 0.346 e. The van der Waals surface area contributed by atoms with Gasteiger partial charge in [0.2, 0.25) is 9.84 Å². The van der Waals surface area contributed by atoms with Gasteiger partial charge in [0.15, 0.2) is 5.13 Å². The number of piperazine rings is 1. The zero-order valence-corrected chi connectivity index (χ0v) is 13.5. The molecule has 1 aliphatic rings. The van der Waals surface area contributed by atoms with Crippen molar-refractivity contribution in [1.82, 2.24) is 15.3 Å². The first-order chi connectivity index (χ1) is 9.68. The van der Waals surface area contributed by atoms with Gasteiger partial charge in [-0.1, -0.05) is 11.3 Å². The summed E-state index contributed by atoms with van der Waals surface area (Å²) in [6.07, 6.45) is 4.35. The second-order valence-corrected chi connectivity index (χ2v) is 7.58. The Morgan fingerprint density at radius 1 is 1.24 bits per heavy atom. The van der Waals surface area contributed by atoms with Crippen LogP contribution in [0.15, 0.2) is 39.8 Å². The number of halogens is 1. The molecule has 21 heavy (non-hydrogen) atoms. The number of hydrogen-bond acceptors (Lipinski definition) is 7. The molecule has 0 spiro atoms. The van der Waals surface area contributed by atoms with Crippen molar-refractivity contribution in [1.29, 1.82) is 0 Å². The molecular formula is C12H15ClN4O2S2. The molecule has 0 bridgehead atoms. The Morgan fingerprint density at radius 3 is 2.67 bits per heavy atom. The van der Waals surface area contributed by atoms with Crippen LogP contribution in [0.5, 0.6) is 0 Å². The van der Waals surface area contributed by atoms with Crippen LogP contribution >= 0.6 is 23.7 Å². The Balaban J connectivity index is 0.00000161. The van der Waals surface area contributed by atoms with Crippen LogP contribution in [0.1, 0.15) is 0 Å². The van der Waals surface area contributed by atoms with Crippen molar-refractivity contribution in [2.45, 2.75) is 9.10 Å². The number of nitrogens with zero attached hydrogens (tertiary/aromatic N) is 3. The molecule has 114 valence electrons. The third-order valence-electron chi connectivity index (χ3n) is 3.07. The standard InChI is InChI=1S/C12H14N4O2S2.ClH/c17-20(18,10-2-1-3-14-8-10)11-9-15-12(19-11)16-6-4-13-5-7-16;/h1-3,8-9,13H,4-7H2;1H. The van der Waals surface area contributed by atoms with Crippen LogP contribution in [-0.2, 0) is 9.84 Å². The van der Waals surface area contributed by atoms with Crippen molar-refractivity contribution in [3.8, 4) is 0 Å². The van der Waals surface area contributed by atoms with E-state index in [9.17, 15) is 8.42 Å². The van der Waals surface area contributed by atoms with Gasteiger partial charge in [-0.15, -0.1) is 12.4 Å². The summed E-state index contributed by atoms with van der Waals surface area (Å²) in [5.41, 5.74) is 0. The van der Waals surface area contributed by atoms with E-state index >= 15 is 0 Å². The second kappa shape index (κ2) is 6.69. The molecular weight excluding hydrogens is 332 g/mol. The van der Waals surface area contributed by atoms with Gasteiger partial charge < -0.3 is 10.2 Å². The molecule has 3 rings (SSSR count). The summed E-state index contributed by atoms with van der Waals surface area (Å²) in [7, 11) is -3.51. The molecule has 2 aromatic rings. The normalized spacial score (nSPS) is 15.5. The van der Waals surface area contributed by atoms with Crippen LogP contribution in [0.2, 0.25) is 0 Å². The van der Waals surface area contributed by atoms with Crippen molar-refractivity contribution in [3.63, 3.8) is 0 Å². The lowest BCUT2D eigenvalue weighted by Gasteiger charge is -2.26. The quantitative estimate of drug-likeness (QED) is 0.900. The highest BCUT2D eigenvalue weighted by Gasteiger charge is 2.23. The van der Waals surface area contributed by atoms with E-state index in [1.807, 2.05) is 0 Å². The molecule has 9 heteroatoms. The molecule has 0 radical (unpaired) electrons. The SMILES string of the molecule is Cl.O=S(=O)(c1cccnc1)c1cnc(N2CCNCC2)s1. The lowest BCUT2D eigenvalue weighted by Crippen LogP contribution is -2.43. The maximum absolute atomic E-state index is 12.4. The zero-order valence-electron chi connectivity index (χ0n) is 11.1. The number of aromatic nitrogens is 2. The summed E-state index contributed by atoms with van der Waals surface area (Å²) in [6.45, 7) is 3.48. The first-order valence-electron chi connectivity index (χ1n) is 6.24. The molecule has 0 unspecified atom stereocenters. The lowest BCUT2D eigenvalue weighted by molar-refractivity contribution is 0.588. The Morgan fingerprint density at radius 2 is 2.00 bits per heavy atom. The summed E-state index contributed by atoms with van der Waals surface area (Å²) in [6, 6.07) is 3.16. The summed E-state index contributed by atoms with van der Waals surface area (Å²) in [4.78, 5) is 10.4. The van der Waals surface area contributed by atoms with Crippen molar-refractivity contribution in [2.75, 3.05) is 31.1 Å². The predicted octanol–water partition coefficient (Wildman–Crippen LogP) is 1.20. The van der Waals surface area contributed by atoms with Gasteiger partial charge in [-0.3, -0.25) is 4.98 Å². The fourth-order valence-electron chi connectivity index (χ4n) is 2.00. The molecule has 0 atom stereocenters. The predicted molar refractivity (Wildman–Crippen MR) is 84.1 cm³/mol. The molecule has 1 aliphatic heterocycles. The maximum Gasteiger partial charge on any atom is 0.219 e. The number of nitrogens with one attached hydrogen (secondary N) is 1. The molecule has 0 amide bonds. The van der Waals surface area contributed by atoms with E-state index < -0.39 is 9.84 Å². The van der Waals surface area contributed by atoms with Crippen molar-refractivity contribution < 1.29 is 8.42 Å². The fourth-order valence-corrected chi connectivity index (χ4v) is 4.53. The number of sulfone groups is 1. The van der Waals surface area contributed by atoms with Crippen LogP contribution in [0.3, 0.4) is 0 Å². The summed E-state index contributed by atoms with van der Waals surface area (Å²) >= 11 is 1.21. The van der Waals surface area contributed by atoms with E-state index in [0.717, 1.165) is 31.3 Å². The molecule has 1 N–H and O–H groups in total. The molecule has 1 fully saturated rings. The van der Waals surface area contributed by atoms with Gasteiger partial charge in [-0.25, -0.2) is 13.4 Å². The molecule has 3 heterocycles. The van der Waals surface area contributed by atoms with Crippen molar-refractivity contribution in [2.24, 2.45) is 0 Å². The van der Waals surface area contributed by atoms with E-state index in [4.69, 9.17) is 0 Å². The maximum atomic E-state index is 12.4. The third-order valence-corrected chi connectivity index (χ3v) is 6.33. The van der Waals surface area contributed by atoms with Crippen LogP contribution in [0.25, 0.3) is 0 Å². The Bertz CT molecular complexity index is 684. The monoisotopic (exact) mass is 346 g/mol. The molecule has 6 nitrogen and oxygen atoms in total. The van der Waals surface area contributed by atoms with Gasteiger partial charge in [0.25, 0.3) is 0 Å². The number of rotatable bonds is 3. The van der Waals surface area contributed by atoms with Gasteiger partial charge in [-0.2, -0.15) is 0 Å². The van der Waals surface area contributed by atoms with Crippen LogP contribution in [0.4, 0.5) is 5.13 Å². The molecule has 2 aromatic heterocycles. The summed E-state index contributed by atoms with van der Waals surface area (Å²) in [5.74, 6) is 0. The highest BCUT2D eigenvalue weighted by molar-refractivity contribution is 7.93. The van der Waals surface area contributed by atoms with E-state index in [1.54, 1.807) is 18.3 Å². The number of hydrogen-bond donors (Lipinski definition) is 1. The smallest absolute Gasteiger partial charge is 0.219 e. The summed E-state index contributed by atoms with van der Waals surface area (Å²) in [5, 5.41) is 4.01. The fraction of sp³-hybridized carbons (Fsp3) is 0.333. The minimum atomic E-state index is -3.51. The molecule has 1 saturated heterocycles. The molecule has 0 aromatic carbocycles. The first kappa shape index (κ1) is 16.2. The Kier molecular flexibility index (Phi) is 5.15. The van der Waals surface area contributed by atoms with Gasteiger partial charge in [0, 0.05) is 38.6 Å². The van der Waals surface area contributed by atoms with Gasteiger partial charge in [0.05, 0.1) is 11.1 Å². The number of anilines is 1. The van der Waals surface area contributed by atoms with Crippen LogP contribution in [0, 0.1) is 0 Å². The highest BCUT2D eigenvalue weighted by atomic mass is 35.5. The second-order valence-electron chi connectivity index (χ2n) is 4.39. The Labute approximate surface area is 133 Å². The van der Waals surface area contributed by atoms with Gasteiger partial charge in [-0.05, 0) is 12.1 Å². The molecule has 0 saturated carbocycles. The van der Waals surface area contributed by atoms with Crippen molar-refractivity contribution >= 4 is 38.7 Å². The van der Waals surface area contributed by atoms with E-state index in [-0.39, 0.29) is 21.5 Å².